The first-order chi connectivity index (χ1) is 14.5. The van der Waals surface area contributed by atoms with E-state index in [1.807, 2.05) is 25.3 Å². The van der Waals surface area contributed by atoms with Gasteiger partial charge < -0.3 is 20.2 Å². The molecule has 0 amide bonds. The van der Waals surface area contributed by atoms with Crippen molar-refractivity contribution in [2.45, 2.75) is 25.8 Å². The third-order valence-corrected chi connectivity index (χ3v) is 6.84. The molecule has 1 aromatic carbocycles. The molecule has 0 unspecified atom stereocenters. The highest BCUT2D eigenvalue weighted by atomic mass is 35.5. The number of aromatic nitrogens is 2. The van der Waals surface area contributed by atoms with Crippen molar-refractivity contribution in [3.05, 3.63) is 46.2 Å². The molecule has 0 radical (unpaired) electrons. The van der Waals surface area contributed by atoms with Gasteiger partial charge in [0.05, 0.1) is 25.0 Å². The number of benzene rings is 1. The van der Waals surface area contributed by atoms with E-state index in [1.54, 1.807) is 12.3 Å². The Morgan fingerprint density at radius 2 is 2.03 bits per heavy atom. The second-order valence-electron chi connectivity index (χ2n) is 8.39. The number of nitrogens with zero attached hydrogens (tertiary/aromatic N) is 4. The van der Waals surface area contributed by atoms with Gasteiger partial charge in [-0.05, 0) is 55.8 Å². The van der Waals surface area contributed by atoms with Crippen molar-refractivity contribution in [3.63, 3.8) is 0 Å². The molecule has 0 saturated carbocycles. The molecule has 0 aliphatic carbocycles. The van der Waals surface area contributed by atoms with E-state index in [-0.39, 0.29) is 12.6 Å². The summed E-state index contributed by atoms with van der Waals surface area (Å²) in [4.78, 5) is 13.9. The molecule has 2 aromatic rings. The average molecular weight is 450 g/mol. The van der Waals surface area contributed by atoms with Crippen LogP contribution >= 0.6 is 23.2 Å². The minimum atomic E-state index is -0.0109. The fourth-order valence-electron chi connectivity index (χ4n) is 4.55. The van der Waals surface area contributed by atoms with Gasteiger partial charge in [-0.2, -0.15) is 0 Å². The Morgan fingerprint density at radius 3 is 2.80 bits per heavy atom. The van der Waals surface area contributed by atoms with Gasteiger partial charge in [0, 0.05) is 36.2 Å². The predicted molar refractivity (Wildman–Crippen MR) is 122 cm³/mol. The molecule has 2 N–H and O–H groups in total. The maximum absolute atomic E-state index is 9.21. The van der Waals surface area contributed by atoms with E-state index in [1.165, 1.54) is 12.8 Å². The van der Waals surface area contributed by atoms with E-state index in [2.05, 4.69) is 20.1 Å². The van der Waals surface area contributed by atoms with Crippen molar-refractivity contribution < 1.29 is 5.11 Å². The number of nitrogens with one attached hydrogen (secondary N) is 1. The highest BCUT2D eigenvalue weighted by Crippen LogP contribution is 2.34. The summed E-state index contributed by atoms with van der Waals surface area (Å²) in [7, 11) is 0. The maximum atomic E-state index is 9.21. The highest BCUT2D eigenvalue weighted by molar-refractivity contribution is 6.35. The van der Waals surface area contributed by atoms with E-state index in [9.17, 15) is 5.11 Å². The van der Waals surface area contributed by atoms with Crippen molar-refractivity contribution >= 4 is 34.8 Å². The molecule has 30 heavy (non-hydrogen) atoms. The third-order valence-electron chi connectivity index (χ3n) is 6.27. The first kappa shape index (κ1) is 21.6. The van der Waals surface area contributed by atoms with Crippen molar-refractivity contribution in [3.8, 4) is 0 Å². The summed E-state index contributed by atoms with van der Waals surface area (Å²) in [6.07, 6.45) is 6.09. The molecule has 0 bridgehead atoms. The molecular weight excluding hydrogens is 421 g/mol. The van der Waals surface area contributed by atoms with Gasteiger partial charge in [0.1, 0.15) is 11.6 Å². The molecule has 162 valence electrons. The summed E-state index contributed by atoms with van der Waals surface area (Å²) in [6.45, 7) is 7.35. The molecule has 8 heteroatoms. The number of aliphatic hydroxyl groups excluding tert-OH is 1. The van der Waals surface area contributed by atoms with E-state index < -0.39 is 0 Å². The lowest BCUT2D eigenvalue weighted by molar-refractivity contribution is 0.101. The molecule has 1 aromatic heterocycles. The van der Waals surface area contributed by atoms with Gasteiger partial charge in [0.15, 0.2) is 0 Å². The summed E-state index contributed by atoms with van der Waals surface area (Å²) < 4.78 is 0. The van der Waals surface area contributed by atoms with Gasteiger partial charge in [-0.15, -0.1) is 0 Å². The number of anilines is 2. The molecule has 2 saturated heterocycles. The smallest absolute Gasteiger partial charge is 0.149 e. The first-order valence-electron chi connectivity index (χ1n) is 10.6. The summed E-state index contributed by atoms with van der Waals surface area (Å²) >= 11 is 12.3. The fourth-order valence-corrected chi connectivity index (χ4v) is 5.12. The topological polar surface area (TPSA) is 64.5 Å². The van der Waals surface area contributed by atoms with Crippen LogP contribution in [-0.4, -0.2) is 59.3 Å². The van der Waals surface area contributed by atoms with Crippen LogP contribution in [0, 0.1) is 11.8 Å². The van der Waals surface area contributed by atoms with Crippen LogP contribution in [-0.2, 0) is 0 Å². The number of hydrogen-bond acceptors (Lipinski definition) is 6. The Bertz CT molecular complexity index is 859. The van der Waals surface area contributed by atoms with Gasteiger partial charge in [-0.1, -0.05) is 29.3 Å². The van der Waals surface area contributed by atoms with Crippen LogP contribution in [0.5, 0.6) is 0 Å². The number of aliphatic hydroxyl groups is 1. The van der Waals surface area contributed by atoms with Crippen LogP contribution < -0.4 is 10.2 Å². The minimum Gasteiger partial charge on any atom is -0.395 e. The van der Waals surface area contributed by atoms with Gasteiger partial charge >= 0.3 is 0 Å². The number of likely N-dealkylation sites (tertiary alicyclic amines) is 1. The van der Waals surface area contributed by atoms with Gasteiger partial charge in [0.25, 0.3) is 0 Å². The van der Waals surface area contributed by atoms with Crippen LogP contribution in [0.25, 0.3) is 0 Å². The van der Waals surface area contributed by atoms with Gasteiger partial charge in [0.2, 0.25) is 0 Å². The molecular formula is C22H29Cl2N5O. The summed E-state index contributed by atoms with van der Waals surface area (Å²) in [5.41, 5.74) is 0.974. The lowest BCUT2D eigenvalue weighted by Crippen LogP contribution is -2.54. The highest BCUT2D eigenvalue weighted by Gasteiger charge is 2.36. The zero-order valence-corrected chi connectivity index (χ0v) is 18.8. The normalized spacial score (nSPS) is 21.3. The Hall–Kier alpha value is -1.60. The van der Waals surface area contributed by atoms with Crippen LogP contribution in [0.4, 0.5) is 11.6 Å². The molecule has 0 spiro atoms. The Balaban J connectivity index is 1.34. The monoisotopic (exact) mass is 449 g/mol. The lowest BCUT2D eigenvalue weighted by Gasteiger charge is -2.47. The molecule has 2 fully saturated rings. The number of halogens is 2. The maximum Gasteiger partial charge on any atom is 0.149 e. The van der Waals surface area contributed by atoms with Crippen molar-refractivity contribution in [2.24, 2.45) is 11.8 Å². The predicted octanol–water partition coefficient (Wildman–Crippen LogP) is 4.10. The number of piperidine rings is 1. The van der Waals surface area contributed by atoms with Crippen LogP contribution in [0.1, 0.15) is 31.4 Å². The molecule has 2 aliphatic rings. The summed E-state index contributed by atoms with van der Waals surface area (Å²) in [5, 5.41) is 13.9. The minimum absolute atomic E-state index is 0.0109. The Kier molecular flexibility index (Phi) is 6.98. The molecule has 2 aliphatic heterocycles. The summed E-state index contributed by atoms with van der Waals surface area (Å²) in [6, 6.07) is 5.52. The second kappa shape index (κ2) is 9.69. The second-order valence-corrected chi connectivity index (χ2v) is 9.23. The van der Waals surface area contributed by atoms with E-state index in [4.69, 9.17) is 28.2 Å². The van der Waals surface area contributed by atoms with Gasteiger partial charge in [-0.3, -0.25) is 4.98 Å². The van der Waals surface area contributed by atoms with E-state index >= 15 is 0 Å². The molecule has 4 rings (SSSR count). The Labute approximate surface area is 188 Å². The van der Waals surface area contributed by atoms with Crippen molar-refractivity contribution in [2.75, 3.05) is 49.5 Å². The number of rotatable bonds is 7. The van der Waals surface area contributed by atoms with Gasteiger partial charge in [-0.25, -0.2) is 4.98 Å². The van der Waals surface area contributed by atoms with Crippen LogP contribution in [0.15, 0.2) is 30.6 Å². The van der Waals surface area contributed by atoms with E-state index in [0.29, 0.717) is 21.9 Å². The zero-order valence-electron chi connectivity index (χ0n) is 17.3. The Morgan fingerprint density at radius 1 is 1.20 bits per heavy atom. The first-order valence-corrected chi connectivity index (χ1v) is 11.4. The fraction of sp³-hybridized carbons (Fsp3) is 0.545. The number of hydrogen-bond donors (Lipinski definition) is 2. The van der Waals surface area contributed by atoms with Crippen LogP contribution in [0.3, 0.4) is 0 Å². The lowest BCUT2D eigenvalue weighted by atomic mass is 9.80. The van der Waals surface area contributed by atoms with Crippen LogP contribution in [0.2, 0.25) is 10.0 Å². The summed E-state index contributed by atoms with van der Waals surface area (Å²) in [5.74, 6) is 3.05. The van der Waals surface area contributed by atoms with Crippen molar-refractivity contribution in [1.82, 2.24) is 14.9 Å². The van der Waals surface area contributed by atoms with E-state index in [0.717, 1.165) is 49.9 Å². The average Bonchev–Trinajstić information content (AvgIpc) is 2.68. The molecule has 6 nitrogen and oxygen atoms in total. The molecule has 3 heterocycles. The van der Waals surface area contributed by atoms with Crippen molar-refractivity contribution in [1.29, 1.82) is 0 Å². The zero-order chi connectivity index (χ0) is 21.1. The number of β-amino-alcohol motifs (C(OH)–C–C–N with tert-alkyl or cyclic N) is 1. The quantitative estimate of drug-likeness (QED) is 0.663. The third kappa shape index (κ3) is 4.99. The largest absolute Gasteiger partial charge is 0.395 e. The standard InChI is InChI=1S/C22H29Cl2N5O/c1-15(19-5-4-18(23)9-20(19)24)26-21-10-25-11-22(27-21)29-13-17(14-29)16-3-2-6-28(12-16)7-8-30/h4-5,9-11,15-17,30H,2-3,6-8,12-14H2,1H3,(H,26,27)/t15-,16+/m1/s1. The molecule has 2 atom stereocenters. The SMILES string of the molecule is C[C@@H](Nc1cncc(N2CC([C@H]3CCCN(CCO)C3)C2)n1)c1ccc(Cl)cc1Cl.